The van der Waals surface area contributed by atoms with Crippen LogP contribution in [0, 0.1) is 39.5 Å². The van der Waals surface area contributed by atoms with E-state index in [1.165, 1.54) is 40.7 Å². The second-order valence-corrected chi connectivity index (χ2v) is 11.3. The summed E-state index contributed by atoms with van der Waals surface area (Å²) in [5, 5.41) is 0. The van der Waals surface area contributed by atoms with E-state index in [0.717, 1.165) is 38.2 Å². The molecule has 3 radical (unpaired) electrons. The summed E-state index contributed by atoms with van der Waals surface area (Å²) in [7, 11) is 8.80. The third kappa shape index (κ3) is 28.0. The van der Waals surface area contributed by atoms with E-state index in [-0.39, 0.29) is 84.7 Å². The van der Waals surface area contributed by atoms with E-state index < -0.39 is 30.4 Å². The van der Waals surface area contributed by atoms with Gasteiger partial charge >= 0.3 is 36.5 Å². The molecular formula is C34H62BO11VW-. The van der Waals surface area contributed by atoms with Crippen LogP contribution in [-0.2, 0) is 92.0 Å². The number of carbonyl (C=O) groups is 4. The zero-order valence-electron chi connectivity index (χ0n) is 30.9. The van der Waals surface area contributed by atoms with E-state index in [9.17, 15) is 19.2 Å². The zero-order chi connectivity index (χ0) is 33.5. The molecule has 2 fully saturated rings. The van der Waals surface area contributed by atoms with E-state index >= 15 is 0 Å². The molecule has 2 aliphatic rings. The molecule has 48 heavy (non-hydrogen) atoms. The Morgan fingerprint density at radius 1 is 0.854 bits per heavy atom. The molecular weight excluding hydrogens is 830 g/mol. The number of esters is 3. The average molecular weight is 892 g/mol. The number of methoxy groups -OCH3 is 2. The first-order chi connectivity index (χ1) is 20.9. The Hall–Kier alpha value is -0.742. The van der Waals surface area contributed by atoms with Gasteiger partial charge < -0.3 is 54.9 Å². The minimum atomic E-state index is -0.587. The molecule has 1 heterocycles. The van der Waals surface area contributed by atoms with Crippen LogP contribution in [0.25, 0.3) is 0 Å². The van der Waals surface area contributed by atoms with Crippen LogP contribution in [0.5, 0.6) is 0 Å². The van der Waals surface area contributed by atoms with Crippen molar-refractivity contribution in [3.63, 3.8) is 0 Å². The van der Waals surface area contributed by atoms with Crippen LogP contribution in [0.3, 0.4) is 0 Å². The summed E-state index contributed by atoms with van der Waals surface area (Å²) in [6.45, 7) is 13.9. The van der Waals surface area contributed by atoms with Gasteiger partial charge in [0.1, 0.15) is 24.6 Å². The van der Waals surface area contributed by atoms with Crippen molar-refractivity contribution < 1.29 is 92.0 Å². The molecule has 14 heteroatoms. The van der Waals surface area contributed by atoms with Crippen molar-refractivity contribution in [2.24, 2.45) is 17.8 Å². The molecule has 0 N–H and O–H groups in total. The molecule has 2 rings (SSSR count). The Labute approximate surface area is 319 Å². The van der Waals surface area contributed by atoms with Gasteiger partial charge in [-0.2, -0.15) is 0 Å². The van der Waals surface area contributed by atoms with Crippen LogP contribution in [0.2, 0.25) is 5.82 Å². The van der Waals surface area contributed by atoms with Gasteiger partial charge in [0.05, 0.1) is 15.0 Å². The number of hydrogen-bond acceptors (Lipinski definition) is 11. The molecule has 0 aromatic heterocycles. The van der Waals surface area contributed by atoms with Crippen LogP contribution in [0.15, 0.2) is 0 Å². The van der Waals surface area contributed by atoms with Crippen molar-refractivity contribution in [3.05, 3.63) is 21.8 Å². The van der Waals surface area contributed by atoms with Crippen LogP contribution < -0.4 is 0 Å². The first-order valence-corrected chi connectivity index (χ1v) is 15.6. The normalized spacial score (nSPS) is 23.7. The summed E-state index contributed by atoms with van der Waals surface area (Å²) in [5.41, 5.74) is 0. The molecule has 279 valence electrons. The topological polar surface area (TPSA) is 133 Å². The fraction of sp³-hybridized carbons (Fsp3) is 0.794. The molecule has 7 atom stereocenters. The quantitative estimate of drug-likeness (QED) is 0.0656. The fourth-order valence-electron chi connectivity index (χ4n) is 4.88. The molecule has 0 amide bonds. The van der Waals surface area contributed by atoms with Crippen LogP contribution in [-0.4, -0.2) is 97.3 Å². The predicted molar refractivity (Wildman–Crippen MR) is 179 cm³/mol. The monoisotopic (exact) mass is 892 g/mol. The molecule has 0 bridgehead atoms. The molecule has 0 spiro atoms. The molecule has 1 saturated carbocycles. The second kappa shape index (κ2) is 34.7. The Morgan fingerprint density at radius 3 is 1.94 bits per heavy atom. The summed E-state index contributed by atoms with van der Waals surface area (Å²) < 4.78 is 36.6. The van der Waals surface area contributed by atoms with Gasteiger partial charge in [-0.1, -0.05) is 39.1 Å². The zero-order valence-corrected chi connectivity index (χ0v) is 35.2. The maximum atomic E-state index is 11.8. The van der Waals surface area contributed by atoms with Crippen LogP contribution in [0.1, 0.15) is 86.0 Å². The standard InChI is InChI=1S/C22H37O8.C7H13BO.C3H6O2.2CH3.V.W/c1-6-26-12-9-11-19(25)10-7-8-13-27-22-16(3)15(2)21(29-18(5)24)20(30-22)14-28-17(4)23;1-9-5-6-2-3-7(8)4-6;1-3(4)5-2;;;;/h15-16,20-22H,1,6-14H2,2-5H3;6-7H,2-5H2,1H3;1-2H3;2*1H3;;/q-1;;;2*-1;+2;. The Balaban J connectivity index is -0.000000285. The summed E-state index contributed by atoms with van der Waals surface area (Å²) in [6.07, 6.45) is 5.27. The van der Waals surface area contributed by atoms with Gasteiger partial charge in [-0.15, -0.1) is 0 Å². The van der Waals surface area contributed by atoms with Gasteiger partial charge in [-0.25, -0.2) is 0 Å². The third-order valence-electron chi connectivity index (χ3n) is 7.50. The smallest absolute Gasteiger partial charge is 0.469 e. The van der Waals surface area contributed by atoms with Crippen LogP contribution in [0.4, 0.5) is 0 Å². The van der Waals surface area contributed by atoms with Crippen molar-refractivity contribution in [2.75, 3.05) is 47.3 Å². The van der Waals surface area contributed by atoms with E-state index in [0.29, 0.717) is 38.5 Å². The maximum absolute atomic E-state index is 11.8. The van der Waals surface area contributed by atoms with Crippen molar-refractivity contribution in [1.82, 2.24) is 0 Å². The summed E-state index contributed by atoms with van der Waals surface area (Å²) in [4.78, 5) is 44.1. The number of carbonyl (C=O) groups excluding carboxylic acids is 4. The summed E-state index contributed by atoms with van der Waals surface area (Å²) in [6, 6.07) is 0. The number of hydrogen-bond donors (Lipinski definition) is 0. The number of rotatable bonds is 16. The molecule has 1 aliphatic carbocycles. The predicted octanol–water partition coefficient (Wildman–Crippen LogP) is 5.33. The molecule has 0 aromatic rings. The fourth-order valence-corrected chi connectivity index (χ4v) is 4.88. The molecule has 0 aromatic carbocycles. The number of ketones is 1. The van der Waals surface area contributed by atoms with Crippen LogP contribution >= 0.6 is 0 Å². The van der Waals surface area contributed by atoms with Crippen molar-refractivity contribution in [1.29, 1.82) is 0 Å². The van der Waals surface area contributed by atoms with Crippen molar-refractivity contribution in [2.45, 2.75) is 110 Å². The Kier molecular flexibility index (Phi) is 40.9. The summed E-state index contributed by atoms with van der Waals surface area (Å²) >= 11 is 0. The Bertz CT molecular complexity index is 822. The van der Waals surface area contributed by atoms with Gasteiger partial charge in [-0.3, -0.25) is 19.2 Å². The molecule has 11 nitrogen and oxygen atoms in total. The van der Waals surface area contributed by atoms with Crippen molar-refractivity contribution in [3.8, 4) is 0 Å². The maximum Gasteiger partial charge on any atom is 2.00 e. The molecule has 1 aliphatic heterocycles. The average Bonchev–Trinajstić information content (AvgIpc) is 3.38. The van der Waals surface area contributed by atoms with Gasteiger partial charge in [0.15, 0.2) is 6.29 Å². The minimum Gasteiger partial charge on any atom is -0.469 e. The van der Waals surface area contributed by atoms with Gasteiger partial charge in [-0.05, 0) is 31.6 Å². The Morgan fingerprint density at radius 2 is 1.46 bits per heavy atom. The first kappa shape index (κ1) is 56.6. The number of unbranched alkanes of at least 4 members (excludes halogenated alkanes) is 1. The SMILES string of the molecule is COC(C)=O.[B]C1CCC(COC)C1.[CH2-]COCCCC(=O)CCCCOC1OC(COC(C)=O)C(OC(C)=O)C(C)C1C.[CH3-].[CH3-].[V+2].[W]. The molecule has 7 unspecified atom stereocenters. The molecule has 1 saturated heterocycles. The van der Waals surface area contributed by atoms with Gasteiger partial charge in [0, 0.05) is 93.4 Å². The van der Waals surface area contributed by atoms with E-state index in [2.05, 4.69) is 11.7 Å². The third-order valence-corrected chi connectivity index (χ3v) is 7.50. The first-order valence-electron chi connectivity index (χ1n) is 15.6. The van der Waals surface area contributed by atoms with E-state index in [1.807, 2.05) is 13.8 Å². The largest absolute Gasteiger partial charge is 2.00 e. The van der Waals surface area contributed by atoms with E-state index in [1.54, 1.807) is 7.11 Å². The number of ether oxygens (including phenoxy) is 7. The summed E-state index contributed by atoms with van der Waals surface area (Å²) in [5.74, 6) is 0.293. The second-order valence-electron chi connectivity index (χ2n) is 11.3. The van der Waals surface area contributed by atoms with Gasteiger partial charge in [0.2, 0.25) is 0 Å². The van der Waals surface area contributed by atoms with Crippen molar-refractivity contribution >= 4 is 31.5 Å². The minimum absolute atomic E-state index is 0. The number of Topliss-reactive ketones (excluding diaryl/α,β-unsaturated/α-hetero) is 1. The van der Waals surface area contributed by atoms with E-state index in [4.69, 9.17) is 36.3 Å². The van der Waals surface area contributed by atoms with Gasteiger partial charge in [0.25, 0.3) is 0 Å².